The van der Waals surface area contributed by atoms with Gasteiger partial charge in [0.15, 0.2) is 0 Å². The predicted octanol–water partition coefficient (Wildman–Crippen LogP) is 3.38. The minimum Gasteiger partial charge on any atom is -0.366 e. The van der Waals surface area contributed by atoms with Crippen molar-refractivity contribution in [2.24, 2.45) is 0 Å². The largest absolute Gasteiger partial charge is 0.366 e. The number of likely N-dealkylation sites (N-methyl/N-ethyl adjacent to an activating group) is 1. The van der Waals surface area contributed by atoms with Crippen molar-refractivity contribution in [2.75, 3.05) is 25.0 Å². The van der Waals surface area contributed by atoms with Crippen LogP contribution in [0.2, 0.25) is 0 Å². The lowest BCUT2D eigenvalue weighted by molar-refractivity contribution is 0.294. The molecule has 0 spiro atoms. The first-order valence-corrected chi connectivity index (χ1v) is 7.07. The van der Waals surface area contributed by atoms with Gasteiger partial charge in [0.2, 0.25) is 0 Å². The Labute approximate surface area is 115 Å². The Morgan fingerprint density at radius 3 is 2.58 bits per heavy atom. The van der Waals surface area contributed by atoms with Crippen molar-refractivity contribution >= 4 is 16.7 Å². The molecule has 2 rings (SSSR count). The molecule has 0 fully saturated rings. The molecule has 1 atom stereocenters. The van der Waals surface area contributed by atoms with Crippen molar-refractivity contribution in [3.63, 3.8) is 0 Å². The standard InChI is InChI=1S/C16H23N3/c1-4-19(5-2)12-13(3)17-16-11-10-14-8-6-7-9-15(14)18-16/h6-11,13H,4-5,12H2,1-3H3,(H,17,18). The van der Waals surface area contributed by atoms with Crippen molar-refractivity contribution in [1.82, 2.24) is 9.88 Å². The van der Waals surface area contributed by atoms with Gasteiger partial charge in [-0.2, -0.15) is 0 Å². The van der Waals surface area contributed by atoms with Gasteiger partial charge in [-0.15, -0.1) is 0 Å². The molecule has 0 aliphatic carbocycles. The van der Waals surface area contributed by atoms with Crippen LogP contribution in [0.1, 0.15) is 20.8 Å². The van der Waals surface area contributed by atoms with E-state index in [1.165, 1.54) is 5.39 Å². The van der Waals surface area contributed by atoms with Gasteiger partial charge in [0.25, 0.3) is 0 Å². The van der Waals surface area contributed by atoms with E-state index in [1.807, 2.05) is 12.1 Å². The third-order valence-corrected chi connectivity index (χ3v) is 3.42. The summed E-state index contributed by atoms with van der Waals surface area (Å²) in [5.74, 6) is 0.957. The zero-order chi connectivity index (χ0) is 13.7. The second-order valence-electron chi connectivity index (χ2n) is 4.92. The Bertz CT molecular complexity index is 520. The Hall–Kier alpha value is -1.61. The Kier molecular flexibility index (Phi) is 4.74. The van der Waals surface area contributed by atoms with Crippen molar-refractivity contribution in [1.29, 1.82) is 0 Å². The third-order valence-electron chi connectivity index (χ3n) is 3.42. The first-order chi connectivity index (χ1) is 9.22. The maximum absolute atomic E-state index is 4.64. The summed E-state index contributed by atoms with van der Waals surface area (Å²) in [6.45, 7) is 9.83. The van der Waals surface area contributed by atoms with Crippen LogP contribution < -0.4 is 5.32 Å². The summed E-state index contributed by atoms with van der Waals surface area (Å²) in [5.41, 5.74) is 1.04. The van der Waals surface area contributed by atoms with Gasteiger partial charge < -0.3 is 10.2 Å². The summed E-state index contributed by atoms with van der Waals surface area (Å²) in [6, 6.07) is 12.8. The molecule has 0 aliphatic rings. The zero-order valence-corrected chi connectivity index (χ0v) is 12.1. The fourth-order valence-electron chi connectivity index (χ4n) is 2.31. The number of hydrogen-bond donors (Lipinski definition) is 1. The van der Waals surface area contributed by atoms with E-state index in [2.05, 4.69) is 60.2 Å². The second kappa shape index (κ2) is 6.53. The molecule has 3 nitrogen and oxygen atoms in total. The van der Waals surface area contributed by atoms with Crippen molar-refractivity contribution in [3.8, 4) is 0 Å². The minimum absolute atomic E-state index is 0.397. The molecular weight excluding hydrogens is 234 g/mol. The fourth-order valence-corrected chi connectivity index (χ4v) is 2.31. The van der Waals surface area contributed by atoms with E-state index >= 15 is 0 Å². The van der Waals surface area contributed by atoms with Gasteiger partial charge in [-0.25, -0.2) is 4.98 Å². The number of pyridine rings is 1. The number of benzene rings is 1. The number of para-hydroxylation sites is 1. The maximum atomic E-state index is 4.64. The molecule has 1 heterocycles. The number of anilines is 1. The Morgan fingerprint density at radius 1 is 1.11 bits per heavy atom. The SMILES string of the molecule is CCN(CC)CC(C)Nc1ccc2ccccc2n1. The fraction of sp³-hybridized carbons (Fsp3) is 0.438. The number of nitrogens with zero attached hydrogens (tertiary/aromatic N) is 2. The summed E-state index contributed by atoms with van der Waals surface area (Å²) < 4.78 is 0. The molecule has 1 unspecified atom stereocenters. The summed E-state index contributed by atoms with van der Waals surface area (Å²) in [7, 11) is 0. The normalized spacial score (nSPS) is 12.8. The molecule has 102 valence electrons. The number of rotatable bonds is 6. The predicted molar refractivity (Wildman–Crippen MR) is 82.6 cm³/mol. The molecule has 0 bridgehead atoms. The lowest BCUT2D eigenvalue weighted by Gasteiger charge is -2.23. The van der Waals surface area contributed by atoms with Gasteiger partial charge in [0, 0.05) is 18.0 Å². The van der Waals surface area contributed by atoms with Crippen molar-refractivity contribution in [2.45, 2.75) is 26.8 Å². The van der Waals surface area contributed by atoms with Crippen LogP contribution >= 0.6 is 0 Å². The van der Waals surface area contributed by atoms with E-state index in [4.69, 9.17) is 0 Å². The molecule has 0 saturated heterocycles. The quantitative estimate of drug-likeness (QED) is 0.860. The topological polar surface area (TPSA) is 28.2 Å². The highest BCUT2D eigenvalue weighted by Gasteiger charge is 2.07. The summed E-state index contributed by atoms with van der Waals surface area (Å²) >= 11 is 0. The van der Waals surface area contributed by atoms with E-state index < -0.39 is 0 Å². The molecule has 0 saturated carbocycles. The van der Waals surface area contributed by atoms with Crippen LogP contribution in [-0.2, 0) is 0 Å². The molecular formula is C16H23N3. The van der Waals surface area contributed by atoms with E-state index in [9.17, 15) is 0 Å². The molecule has 0 amide bonds. The first kappa shape index (κ1) is 13.8. The van der Waals surface area contributed by atoms with Gasteiger partial charge in [-0.05, 0) is 38.2 Å². The molecule has 0 aliphatic heterocycles. The highest BCUT2D eigenvalue weighted by molar-refractivity contribution is 5.80. The first-order valence-electron chi connectivity index (χ1n) is 7.07. The van der Waals surface area contributed by atoms with Crippen molar-refractivity contribution < 1.29 is 0 Å². The number of hydrogen-bond acceptors (Lipinski definition) is 3. The molecule has 1 N–H and O–H groups in total. The lowest BCUT2D eigenvalue weighted by atomic mass is 10.2. The van der Waals surface area contributed by atoms with Crippen molar-refractivity contribution in [3.05, 3.63) is 36.4 Å². The minimum atomic E-state index is 0.397. The van der Waals surface area contributed by atoms with E-state index in [0.717, 1.165) is 31.0 Å². The smallest absolute Gasteiger partial charge is 0.126 e. The van der Waals surface area contributed by atoms with E-state index in [-0.39, 0.29) is 0 Å². The van der Waals surface area contributed by atoms with Crippen LogP contribution in [0.25, 0.3) is 10.9 Å². The van der Waals surface area contributed by atoms with Crippen LogP contribution in [-0.4, -0.2) is 35.6 Å². The Balaban J connectivity index is 2.04. The summed E-state index contributed by atoms with van der Waals surface area (Å²) in [5, 5.41) is 4.67. The number of aromatic nitrogens is 1. The van der Waals surface area contributed by atoms with Crippen LogP contribution in [0.5, 0.6) is 0 Å². The average Bonchev–Trinajstić information content (AvgIpc) is 2.44. The summed E-state index contributed by atoms with van der Waals surface area (Å²) in [6.07, 6.45) is 0. The van der Waals surface area contributed by atoms with Gasteiger partial charge in [-0.3, -0.25) is 0 Å². The molecule has 19 heavy (non-hydrogen) atoms. The monoisotopic (exact) mass is 257 g/mol. The maximum Gasteiger partial charge on any atom is 0.126 e. The van der Waals surface area contributed by atoms with Crippen LogP contribution in [0.4, 0.5) is 5.82 Å². The average molecular weight is 257 g/mol. The lowest BCUT2D eigenvalue weighted by Crippen LogP contribution is -2.34. The van der Waals surface area contributed by atoms with E-state index in [1.54, 1.807) is 0 Å². The van der Waals surface area contributed by atoms with Gasteiger partial charge in [0.1, 0.15) is 5.82 Å². The highest BCUT2D eigenvalue weighted by atomic mass is 15.1. The van der Waals surface area contributed by atoms with Gasteiger partial charge in [-0.1, -0.05) is 32.0 Å². The van der Waals surface area contributed by atoms with Gasteiger partial charge in [0.05, 0.1) is 5.52 Å². The van der Waals surface area contributed by atoms with Gasteiger partial charge >= 0.3 is 0 Å². The summed E-state index contributed by atoms with van der Waals surface area (Å²) in [4.78, 5) is 7.06. The van der Waals surface area contributed by atoms with Crippen LogP contribution in [0.3, 0.4) is 0 Å². The Morgan fingerprint density at radius 2 is 1.84 bits per heavy atom. The molecule has 1 aromatic heterocycles. The second-order valence-corrected chi connectivity index (χ2v) is 4.92. The molecule has 2 aromatic rings. The van der Waals surface area contributed by atoms with E-state index in [0.29, 0.717) is 6.04 Å². The van der Waals surface area contributed by atoms with Crippen LogP contribution in [0.15, 0.2) is 36.4 Å². The third kappa shape index (κ3) is 3.67. The zero-order valence-electron chi connectivity index (χ0n) is 12.1. The molecule has 0 radical (unpaired) electrons. The number of nitrogens with one attached hydrogen (secondary N) is 1. The highest BCUT2D eigenvalue weighted by Crippen LogP contribution is 2.15. The molecule has 1 aromatic carbocycles. The molecule has 3 heteroatoms. The number of fused-ring (bicyclic) bond motifs is 1. The van der Waals surface area contributed by atoms with Crippen LogP contribution in [0, 0.1) is 0 Å².